The fourth-order valence-electron chi connectivity index (χ4n) is 0.652. The summed E-state index contributed by atoms with van der Waals surface area (Å²) in [5.74, 6) is 0.0544. The van der Waals surface area contributed by atoms with Gasteiger partial charge in [-0.05, 0) is 12.8 Å². The zero-order chi connectivity index (χ0) is 8.91. The smallest absolute Gasteiger partial charge is 0.150 e. The zero-order valence-corrected chi connectivity index (χ0v) is 8.00. The number of carbonyl (C=O) groups is 1. The minimum atomic E-state index is -3.01. The molecule has 0 aliphatic heterocycles. The van der Waals surface area contributed by atoms with Gasteiger partial charge in [0, 0.05) is 10.9 Å². The Hall–Kier alpha value is -0.160. The first-order chi connectivity index (χ1) is 4.98. The first-order valence-electron chi connectivity index (χ1n) is 3.38. The van der Waals surface area contributed by atoms with Crippen LogP contribution in [0.1, 0.15) is 19.8 Å². The lowest BCUT2D eigenvalue weighted by Crippen LogP contribution is -2.12. The summed E-state index contributed by atoms with van der Waals surface area (Å²) in [5.41, 5.74) is 0. The largest absolute Gasteiger partial charge is 0.742 e. The minimum absolute atomic E-state index is 0.0301. The summed E-state index contributed by atoms with van der Waals surface area (Å²) in [6.07, 6.45) is 0.561. The summed E-state index contributed by atoms with van der Waals surface area (Å²) >= 11 is 4.23. The highest BCUT2D eigenvalue weighted by Crippen LogP contribution is 1.96. The second-order valence-corrected chi connectivity index (χ2v) is 5.03. The molecule has 5 heteroatoms. The number of sulfone groups is 1. The van der Waals surface area contributed by atoms with Gasteiger partial charge in [-0.2, -0.15) is 0 Å². The lowest BCUT2D eigenvalue weighted by atomic mass is 10.5. The highest BCUT2D eigenvalue weighted by molar-refractivity contribution is 7.91. The van der Waals surface area contributed by atoms with E-state index in [-0.39, 0.29) is 17.9 Å². The van der Waals surface area contributed by atoms with Gasteiger partial charge in [-0.3, -0.25) is 0 Å². The van der Waals surface area contributed by atoms with E-state index in [0.29, 0.717) is 6.42 Å². The van der Waals surface area contributed by atoms with E-state index < -0.39 is 15.0 Å². The third-order valence-electron chi connectivity index (χ3n) is 1.13. The van der Waals surface area contributed by atoms with E-state index in [1.165, 1.54) is 0 Å². The van der Waals surface area contributed by atoms with Gasteiger partial charge in [0.05, 0.1) is 5.75 Å². The Kier molecular flexibility index (Phi) is 4.60. The van der Waals surface area contributed by atoms with Gasteiger partial charge >= 0.3 is 0 Å². The molecule has 0 atom stereocenters. The molecule has 0 amide bonds. The fourth-order valence-corrected chi connectivity index (χ4v) is 2.21. The second-order valence-electron chi connectivity index (χ2n) is 2.27. The third kappa shape index (κ3) is 6.25. The van der Waals surface area contributed by atoms with E-state index in [4.69, 9.17) is 0 Å². The molecule has 0 saturated carbocycles. The van der Waals surface area contributed by atoms with Gasteiger partial charge in [0.2, 0.25) is 0 Å². The van der Waals surface area contributed by atoms with Gasteiger partial charge in [0.15, 0.2) is 9.84 Å². The van der Waals surface area contributed by atoms with E-state index in [9.17, 15) is 13.2 Å². The van der Waals surface area contributed by atoms with Crippen LogP contribution in [0.15, 0.2) is 0 Å². The molecule has 0 heterocycles. The minimum Gasteiger partial charge on any atom is -0.742 e. The molecule has 0 unspecified atom stereocenters. The van der Waals surface area contributed by atoms with Crippen LogP contribution >= 0.6 is 0 Å². The summed E-state index contributed by atoms with van der Waals surface area (Å²) in [5, 5.41) is -0.482. The van der Waals surface area contributed by atoms with E-state index in [2.05, 4.69) is 12.6 Å². The zero-order valence-electron chi connectivity index (χ0n) is 6.37. The van der Waals surface area contributed by atoms with Crippen molar-refractivity contribution in [3.05, 3.63) is 0 Å². The summed E-state index contributed by atoms with van der Waals surface area (Å²) < 4.78 is 21.9. The molecule has 0 aromatic heterocycles. The number of carbonyl (C=O) groups excluding carboxylic acids is 1. The lowest BCUT2D eigenvalue weighted by Gasteiger charge is -2.03. The first kappa shape index (κ1) is 10.8. The van der Waals surface area contributed by atoms with Gasteiger partial charge in [-0.25, -0.2) is 8.42 Å². The number of rotatable bonds is 5. The lowest BCUT2D eigenvalue weighted by molar-refractivity contribution is -0.110. The summed E-state index contributed by atoms with van der Waals surface area (Å²) in [6, 6.07) is 0. The normalized spacial score (nSPS) is 11.4. The molecule has 0 fully saturated rings. The van der Waals surface area contributed by atoms with Gasteiger partial charge in [0.1, 0.15) is 0 Å². The van der Waals surface area contributed by atoms with Gasteiger partial charge in [-0.15, -0.1) is 0 Å². The average molecular weight is 195 g/mol. The van der Waals surface area contributed by atoms with Crippen molar-refractivity contribution in [2.75, 3.05) is 11.5 Å². The Bertz CT molecular complexity index is 218. The van der Waals surface area contributed by atoms with Crippen molar-refractivity contribution in [1.82, 2.24) is 0 Å². The SMILES string of the molecule is CCCS(=O)(=O)CCC(=O)[S-]. The van der Waals surface area contributed by atoms with Crippen molar-refractivity contribution in [3.8, 4) is 0 Å². The van der Waals surface area contributed by atoms with Gasteiger partial charge < -0.3 is 17.4 Å². The Labute approximate surface area is 72.5 Å². The molecule has 3 nitrogen and oxygen atoms in total. The van der Waals surface area contributed by atoms with Crippen molar-refractivity contribution >= 4 is 27.6 Å². The maximum Gasteiger partial charge on any atom is 0.150 e. The van der Waals surface area contributed by atoms with E-state index in [1.54, 1.807) is 6.92 Å². The highest BCUT2D eigenvalue weighted by atomic mass is 32.2. The molecule has 0 aliphatic carbocycles. The summed E-state index contributed by atoms with van der Waals surface area (Å²) in [6.45, 7) is 1.78. The Balaban J connectivity index is 3.84. The Morgan fingerprint density at radius 3 is 2.27 bits per heavy atom. The van der Waals surface area contributed by atoms with Gasteiger partial charge in [0.25, 0.3) is 0 Å². The molecule has 0 spiro atoms. The molecule has 11 heavy (non-hydrogen) atoms. The molecule has 0 saturated heterocycles. The molecule has 0 N–H and O–H groups in total. The topological polar surface area (TPSA) is 51.2 Å². The predicted molar refractivity (Wildman–Crippen MR) is 45.9 cm³/mol. The van der Waals surface area contributed by atoms with Crippen LogP contribution in [0.4, 0.5) is 0 Å². The predicted octanol–water partition coefficient (Wildman–Crippen LogP) is 0.275. The van der Waals surface area contributed by atoms with Crippen LogP contribution in [0.25, 0.3) is 0 Å². The van der Waals surface area contributed by atoms with Crippen molar-refractivity contribution in [3.63, 3.8) is 0 Å². The van der Waals surface area contributed by atoms with Crippen LogP contribution in [0.2, 0.25) is 0 Å². The van der Waals surface area contributed by atoms with Crippen LogP contribution in [-0.4, -0.2) is 25.0 Å². The van der Waals surface area contributed by atoms with Crippen LogP contribution < -0.4 is 0 Å². The molecule has 0 aromatic rings. The first-order valence-corrected chi connectivity index (χ1v) is 5.61. The second kappa shape index (κ2) is 4.66. The molecular formula is C6H11O3S2-. The summed E-state index contributed by atoms with van der Waals surface area (Å²) in [7, 11) is -3.01. The number of hydrogen-bond acceptors (Lipinski definition) is 4. The fraction of sp³-hybridized carbons (Fsp3) is 0.833. The molecule has 0 radical (unpaired) electrons. The Morgan fingerprint density at radius 2 is 1.91 bits per heavy atom. The van der Waals surface area contributed by atoms with Crippen LogP contribution in [0, 0.1) is 0 Å². The monoisotopic (exact) mass is 195 g/mol. The maximum absolute atomic E-state index is 10.9. The number of hydrogen-bond donors (Lipinski definition) is 0. The molecule has 0 rings (SSSR count). The molecule has 66 valence electrons. The van der Waals surface area contributed by atoms with E-state index >= 15 is 0 Å². The maximum atomic E-state index is 10.9. The van der Waals surface area contributed by atoms with E-state index in [0.717, 1.165) is 0 Å². The molecule has 0 aromatic carbocycles. The molecular weight excluding hydrogens is 184 g/mol. The standard InChI is InChI=1S/C6H12O3S2/c1-2-4-11(8,9)5-3-6(7)10/h2-5H2,1H3,(H,7,10)/p-1. The highest BCUT2D eigenvalue weighted by Gasteiger charge is 2.07. The summed E-state index contributed by atoms with van der Waals surface area (Å²) in [4.78, 5) is 10.2. The van der Waals surface area contributed by atoms with Crippen molar-refractivity contribution in [1.29, 1.82) is 0 Å². The van der Waals surface area contributed by atoms with Crippen molar-refractivity contribution in [2.24, 2.45) is 0 Å². The van der Waals surface area contributed by atoms with Crippen LogP contribution in [-0.2, 0) is 27.3 Å². The van der Waals surface area contributed by atoms with Gasteiger partial charge in [-0.1, -0.05) is 6.92 Å². The molecule has 0 bridgehead atoms. The average Bonchev–Trinajstić information content (AvgIpc) is 1.84. The van der Waals surface area contributed by atoms with E-state index in [1.807, 2.05) is 0 Å². The van der Waals surface area contributed by atoms with Crippen molar-refractivity contribution in [2.45, 2.75) is 19.8 Å². The molecule has 0 aliphatic rings. The quantitative estimate of drug-likeness (QED) is 0.591. The Morgan fingerprint density at radius 1 is 1.36 bits per heavy atom. The van der Waals surface area contributed by atoms with Crippen LogP contribution in [0.5, 0.6) is 0 Å². The van der Waals surface area contributed by atoms with Crippen LogP contribution in [0.3, 0.4) is 0 Å². The van der Waals surface area contributed by atoms with Crippen molar-refractivity contribution < 1.29 is 13.2 Å². The third-order valence-corrected chi connectivity index (χ3v) is 3.19.